The van der Waals surface area contributed by atoms with Crippen molar-refractivity contribution in [3.8, 4) is 5.75 Å². The molecule has 0 aliphatic carbocycles. The first-order chi connectivity index (χ1) is 9.61. The van der Waals surface area contributed by atoms with Crippen molar-refractivity contribution >= 4 is 27.6 Å². The Morgan fingerprint density at radius 1 is 1.25 bits per heavy atom. The largest absolute Gasteiger partial charge is 0.488 e. The Morgan fingerprint density at radius 2 is 1.95 bits per heavy atom. The van der Waals surface area contributed by atoms with Crippen LogP contribution in [0.15, 0.2) is 46.9 Å². The molecule has 0 bridgehead atoms. The molecule has 104 valence electrons. The van der Waals surface area contributed by atoms with Gasteiger partial charge in [0.1, 0.15) is 12.4 Å². The second-order valence-electron chi connectivity index (χ2n) is 4.14. The van der Waals surface area contributed by atoms with Crippen LogP contribution in [-0.4, -0.2) is 13.1 Å². The van der Waals surface area contributed by atoms with Crippen LogP contribution in [0.25, 0.3) is 0 Å². The molecule has 0 amide bonds. The van der Waals surface area contributed by atoms with Crippen molar-refractivity contribution in [2.24, 2.45) is 0 Å². The number of nitrogens with two attached hydrogens (primary N) is 1. The van der Waals surface area contributed by atoms with Gasteiger partial charge in [-0.25, -0.2) is 4.79 Å². The van der Waals surface area contributed by atoms with Gasteiger partial charge in [0.05, 0.1) is 17.1 Å². The molecule has 0 fully saturated rings. The molecule has 2 N–H and O–H groups in total. The molecule has 0 aromatic heterocycles. The van der Waals surface area contributed by atoms with E-state index in [1.807, 2.05) is 30.3 Å². The summed E-state index contributed by atoms with van der Waals surface area (Å²) >= 11 is 3.37. The number of benzene rings is 2. The molecule has 2 aromatic rings. The van der Waals surface area contributed by atoms with Crippen molar-refractivity contribution in [3.05, 3.63) is 58.1 Å². The zero-order valence-corrected chi connectivity index (χ0v) is 12.5. The second-order valence-corrected chi connectivity index (χ2v) is 4.99. The van der Waals surface area contributed by atoms with Crippen molar-refractivity contribution < 1.29 is 14.3 Å². The maximum absolute atomic E-state index is 11.6. The van der Waals surface area contributed by atoms with Crippen LogP contribution in [0.4, 0.5) is 5.69 Å². The van der Waals surface area contributed by atoms with Gasteiger partial charge in [-0.2, -0.15) is 0 Å². The Bertz CT molecular complexity index is 614. The first kappa shape index (κ1) is 14.4. The molecule has 5 heteroatoms. The Kier molecular flexibility index (Phi) is 4.63. The van der Waals surface area contributed by atoms with Gasteiger partial charge in [-0.05, 0) is 33.6 Å². The lowest BCUT2D eigenvalue weighted by Gasteiger charge is -2.11. The SMILES string of the molecule is COC(=O)c1cc(OCc2ccccc2)c(Br)cc1N. The third-order valence-electron chi connectivity index (χ3n) is 2.75. The lowest BCUT2D eigenvalue weighted by molar-refractivity contribution is 0.0601. The lowest BCUT2D eigenvalue weighted by Crippen LogP contribution is -2.07. The zero-order valence-electron chi connectivity index (χ0n) is 10.9. The average Bonchev–Trinajstić information content (AvgIpc) is 2.46. The highest BCUT2D eigenvalue weighted by Crippen LogP contribution is 2.31. The molecule has 0 saturated carbocycles. The lowest BCUT2D eigenvalue weighted by atomic mass is 10.1. The van der Waals surface area contributed by atoms with E-state index in [-0.39, 0.29) is 0 Å². The van der Waals surface area contributed by atoms with Gasteiger partial charge in [-0.15, -0.1) is 0 Å². The van der Waals surface area contributed by atoms with E-state index in [2.05, 4.69) is 20.7 Å². The quantitative estimate of drug-likeness (QED) is 0.687. The molecule has 0 radical (unpaired) electrons. The minimum Gasteiger partial charge on any atom is -0.488 e. The van der Waals surface area contributed by atoms with E-state index < -0.39 is 5.97 Å². The Hall–Kier alpha value is -2.01. The van der Waals surface area contributed by atoms with Gasteiger partial charge in [0.25, 0.3) is 0 Å². The van der Waals surface area contributed by atoms with E-state index in [0.717, 1.165) is 5.56 Å². The Balaban J connectivity index is 2.21. The van der Waals surface area contributed by atoms with E-state index in [9.17, 15) is 4.79 Å². The third-order valence-corrected chi connectivity index (χ3v) is 3.37. The van der Waals surface area contributed by atoms with Gasteiger partial charge in [-0.1, -0.05) is 30.3 Å². The van der Waals surface area contributed by atoms with E-state index >= 15 is 0 Å². The molecule has 0 atom stereocenters. The minimum absolute atomic E-state index is 0.291. The van der Waals surface area contributed by atoms with Gasteiger partial charge in [0.15, 0.2) is 0 Å². The van der Waals surface area contributed by atoms with E-state index in [1.54, 1.807) is 12.1 Å². The predicted molar refractivity (Wildman–Crippen MR) is 80.7 cm³/mol. The molecule has 20 heavy (non-hydrogen) atoms. The Labute approximate surface area is 125 Å². The smallest absolute Gasteiger partial charge is 0.340 e. The number of hydrogen-bond donors (Lipinski definition) is 1. The minimum atomic E-state index is -0.487. The fourth-order valence-corrected chi connectivity index (χ4v) is 2.18. The topological polar surface area (TPSA) is 61.5 Å². The van der Waals surface area contributed by atoms with Crippen molar-refractivity contribution in [3.63, 3.8) is 0 Å². The number of carbonyl (C=O) groups excluding carboxylic acids is 1. The van der Waals surface area contributed by atoms with Crippen molar-refractivity contribution in [2.45, 2.75) is 6.61 Å². The molecule has 0 unspecified atom stereocenters. The summed E-state index contributed by atoms with van der Waals surface area (Å²) in [6, 6.07) is 13.0. The normalized spacial score (nSPS) is 10.1. The third kappa shape index (κ3) is 3.30. The predicted octanol–water partition coefficient (Wildman–Crippen LogP) is 3.40. The number of anilines is 1. The number of esters is 1. The van der Waals surface area contributed by atoms with Crippen LogP contribution < -0.4 is 10.5 Å². The summed E-state index contributed by atoms with van der Waals surface area (Å²) in [5, 5.41) is 0. The molecule has 0 aliphatic heterocycles. The van der Waals surface area contributed by atoms with Gasteiger partial charge in [0.2, 0.25) is 0 Å². The van der Waals surface area contributed by atoms with Crippen molar-refractivity contribution in [2.75, 3.05) is 12.8 Å². The van der Waals surface area contributed by atoms with Crippen LogP contribution in [0.1, 0.15) is 15.9 Å². The van der Waals surface area contributed by atoms with E-state index in [0.29, 0.717) is 28.1 Å². The van der Waals surface area contributed by atoms with Crippen LogP contribution in [0.5, 0.6) is 5.75 Å². The standard InChI is InChI=1S/C15H14BrNO3/c1-19-15(18)11-7-14(12(16)8-13(11)17)20-9-10-5-3-2-4-6-10/h2-8H,9,17H2,1H3. The molecule has 2 aromatic carbocycles. The van der Waals surface area contributed by atoms with Crippen molar-refractivity contribution in [1.29, 1.82) is 0 Å². The first-order valence-corrected chi connectivity index (χ1v) is 6.75. The number of halogens is 1. The summed E-state index contributed by atoms with van der Waals surface area (Å²) in [4.78, 5) is 11.6. The molecule has 2 rings (SSSR count). The van der Waals surface area contributed by atoms with Gasteiger partial charge < -0.3 is 15.2 Å². The molecule has 0 heterocycles. The molecular weight excluding hydrogens is 322 g/mol. The summed E-state index contributed by atoms with van der Waals surface area (Å²) in [6.07, 6.45) is 0. The van der Waals surface area contributed by atoms with Crippen LogP contribution in [0.2, 0.25) is 0 Å². The van der Waals surface area contributed by atoms with Crippen molar-refractivity contribution in [1.82, 2.24) is 0 Å². The maximum Gasteiger partial charge on any atom is 0.340 e. The number of nitrogen functional groups attached to an aromatic ring is 1. The summed E-state index contributed by atoms with van der Waals surface area (Å²) in [6.45, 7) is 0.407. The van der Waals surface area contributed by atoms with Gasteiger partial charge >= 0.3 is 5.97 Å². The zero-order chi connectivity index (χ0) is 14.5. The fourth-order valence-electron chi connectivity index (χ4n) is 1.70. The van der Waals surface area contributed by atoms with Gasteiger partial charge in [-0.3, -0.25) is 0 Å². The summed E-state index contributed by atoms with van der Waals surface area (Å²) in [7, 11) is 1.31. The molecule has 0 aliphatic rings. The number of rotatable bonds is 4. The maximum atomic E-state index is 11.6. The fraction of sp³-hybridized carbons (Fsp3) is 0.133. The highest BCUT2D eigenvalue weighted by atomic mass is 79.9. The summed E-state index contributed by atoms with van der Waals surface area (Å²) < 4.78 is 11.1. The number of ether oxygens (including phenoxy) is 2. The molecular formula is C15H14BrNO3. The monoisotopic (exact) mass is 335 g/mol. The van der Waals surface area contributed by atoms with Crippen LogP contribution in [0.3, 0.4) is 0 Å². The van der Waals surface area contributed by atoms with Crippen LogP contribution in [0, 0.1) is 0 Å². The number of methoxy groups -OCH3 is 1. The van der Waals surface area contributed by atoms with Crippen LogP contribution in [-0.2, 0) is 11.3 Å². The first-order valence-electron chi connectivity index (χ1n) is 5.96. The highest BCUT2D eigenvalue weighted by Gasteiger charge is 2.14. The van der Waals surface area contributed by atoms with Gasteiger partial charge in [0, 0.05) is 5.69 Å². The average molecular weight is 336 g/mol. The highest BCUT2D eigenvalue weighted by molar-refractivity contribution is 9.10. The molecule has 0 spiro atoms. The molecule has 0 saturated heterocycles. The van der Waals surface area contributed by atoms with Crippen LogP contribution >= 0.6 is 15.9 Å². The number of carbonyl (C=O) groups is 1. The Morgan fingerprint density at radius 3 is 2.60 bits per heavy atom. The molecule has 4 nitrogen and oxygen atoms in total. The van der Waals surface area contributed by atoms with E-state index in [1.165, 1.54) is 7.11 Å². The van der Waals surface area contributed by atoms with E-state index in [4.69, 9.17) is 10.5 Å². The second kappa shape index (κ2) is 6.43. The number of hydrogen-bond acceptors (Lipinski definition) is 4. The summed E-state index contributed by atoms with van der Waals surface area (Å²) in [5.41, 5.74) is 7.46. The summed E-state index contributed by atoms with van der Waals surface area (Å²) in [5.74, 6) is 0.0583.